The van der Waals surface area contributed by atoms with Gasteiger partial charge in [0, 0.05) is 25.0 Å². The second kappa shape index (κ2) is 6.33. The number of hydrogen-bond acceptors (Lipinski definition) is 2. The van der Waals surface area contributed by atoms with Crippen LogP contribution in [0.2, 0.25) is 0 Å². The zero-order valence-electron chi connectivity index (χ0n) is 10.3. The molecule has 0 bridgehead atoms. The normalized spacial score (nSPS) is 12.4. The first-order valence-electron chi connectivity index (χ1n) is 5.77. The number of rotatable bonds is 6. The topological polar surface area (TPSA) is 46.1 Å². The van der Waals surface area contributed by atoms with E-state index in [9.17, 15) is 4.79 Å². The molecule has 1 aromatic rings. The van der Waals surface area contributed by atoms with Crippen LogP contribution in [0, 0.1) is 0 Å². The van der Waals surface area contributed by atoms with Crippen molar-refractivity contribution in [3.63, 3.8) is 0 Å². The second-order valence-electron chi connectivity index (χ2n) is 3.98. The Labute approximate surface area is 97.0 Å². The molecule has 0 aliphatic carbocycles. The maximum absolute atomic E-state index is 11.5. The highest BCUT2D eigenvalue weighted by Gasteiger charge is 2.06. The lowest BCUT2D eigenvalue weighted by Crippen LogP contribution is -2.27. The fourth-order valence-electron chi connectivity index (χ4n) is 1.47. The summed E-state index contributed by atoms with van der Waals surface area (Å²) >= 11 is 0. The van der Waals surface area contributed by atoms with Crippen LogP contribution >= 0.6 is 0 Å². The molecular weight excluding hydrogens is 202 g/mol. The fraction of sp³-hybridized carbons (Fsp3) is 0.583. The van der Waals surface area contributed by atoms with E-state index >= 15 is 0 Å². The van der Waals surface area contributed by atoms with Crippen molar-refractivity contribution in [3.8, 4) is 0 Å². The summed E-state index contributed by atoms with van der Waals surface area (Å²) in [6.07, 6.45) is 4.92. The molecule has 1 heterocycles. The quantitative estimate of drug-likeness (QED) is 0.763. The van der Waals surface area contributed by atoms with Crippen LogP contribution in [0.25, 0.3) is 0 Å². The highest BCUT2D eigenvalue weighted by molar-refractivity contribution is 5.75. The first-order valence-corrected chi connectivity index (χ1v) is 5.77. The van der Waals surface area contributed by atoms with Crippen molar-refractivity contribution in [2.24, 2.45) is 0 Å². The molecular formula is C12H21N3O. The van der Waals surface area contributed by atoms with Gasteiger partial charge in [-0.2, -0.15) is 0 Å². The van der Waals surface area contributed by atoms with E-state index in [1.165, 1.54) is 5.56 Å². The summed E-state index contributed by atoms with van der Waals surface area (Å²) in [5.41, 5.74) is 1.20. The molecule has 0 aliphatic rings. The van der Waals surface area contributed by atoms with E-state index in [-0.39, 0.29) is 5.91 Å². The largest absolute Gasteiger partial charge is 0.355 e. The van der Waals surface area contributed by atoms with Crippen LogP contribution in [-0.4, -0.2) is 24.1 Å². The van der Waals surface area contributed by atoms with Gasteiger partial charge in [-0.3, -0.25) is 4.79 Å². The molecule has 1 rings (SSSR count). The molecule has 0 fully saturated rings. The van der Waals surface area contributed by atoms with E-state index < -0.39 is 0 Å². The summed E-state index contributed by atoms with van der Waals surface area (Å²) in [4.78, 5) is 11.5. The molecule has 4 heteroatoms. The van der Waals surface area contributed by atoms with Gasteiger partial charge in [-0.1, -0.05) is 6.92 Å². The van der Waals surface area contributed by atoms with E-state index in [0.29, 0.717) is 12.6 Å². The van der Waals surface area contributed by atoms with Gasteiger partial charge in [0.2, 0.25) is 5.91 Å². The molecule has 1 atom stereocenters. The Morgan fingerprint density at radius 3 is 2.94 bits per heavy atom. The van der Waals surface area contributed by atoms with Crippen molar-refractivity contribution < 1.29 is 4.79 Å². The zero-order chi connectivity index (χ0) is 12.0. The number of nitrogens with one attached hydrogen (secondary N) is 2. The summed E-state index contributed by atoms with van der Waals surface area (Å²) in [6.45, 7) is 5.29. The third-order valence-electron chi connectivity index (χ3n) is 2.60. The smallest absolute Gasteiger partial charge is 0.239 e. The lowest BCUT2D eigenvalue weighted by atomic mass is 10.2. The van der Waals surface area contributed by atoms with Gasteiger partial charge in [-0.05, 0) is 32.0 Å². The number of amides is 1. The molecule has 0 aliphatic heterocycles. The van der Waals surface area contributed by atoms with Gasteiger partial charge < -0.3 is 15.2 Å². The highest BCUT2D eigenvalue weighted by Crippen LogP contribution is 2.11. The molecule has 90 valence electrons. The molecule has 2 N–H and O–H groups in total. The molecule has 1 amide bonds. The zero-order valence-corrected chi connectivity index (χ0v) is 10.3. The van der Waals surface area contributed by atoms with Crippen molar-refractivity contribution in [1.29, 1.82) is 0 Å². The van der Waals surface area contributed by atoms with Crippen molar-refractivity contribution in [2.45, 2.75) is 32.9 Å². The van der Waals surface area contributed by atoms with Crippen molar-refractivity contribution in [3.05, 3.63) is 24.0 Å². The van der Waals surface area contributed by atoms with Gasteiger partial charge >= 0.3 is 0 Å². The van der Waals surface area contributed by atoms with Crippen LogP contribution in [0.3, 0.4) is 0 Å². The number of nitrogens with zero attached hydrogens (tertiary/aromatic N) is 1. The van der Waals surface area contributed by atoms with Crippen LogP contribution in [0.15, 0.2) is 18.5 Å². The van der Waals surface area contributed by atoms with Gasteiger partial charge in [0.25, 0.3) is 0 Å². The van der Waals surface area contributed by atoms with Gasteiger partial charge in [0.05, 0.1) is 0 Å². The van der Waals surface area contributed by atoms with Crippen molar-refractivity contribution in [2.75, 3.05) is 13.6 Å². The molecule has 0 saturated heterocycles. The fourth-order valence-corrected chi connectivity index (χ4v) is 1.47. The molecule has 1 unspecified atom stereocenters. The van der Waals surface area contributed by atoms with Crippen LogP contribution in [0.1, 0.15) is 31.9 Å². The number of carbonyl (C=O) groups excluding carboxylic acids is 1. The molecule has 4 nitrogen and oxygen atoms in total. The predicted molar refractivity (Wildman–Crippen MR) is 65.2 cm³/mol. The average molecular weight is 223 g/mol. The third kappa shape index (κ3) is 3.70. The van der Waals surface area contributed by atoms with Crippen LogP contribution in [-0.2, 0) is 11.3 Å². The number of carbonyl (C=O) groups is 1. The van der Waals surface area contributed by atoms with Crippen LogP contribution < -0.4 is 10.6 Å². The van der Waals surface area contributed by atoms with Crippen molar-refractivity contribution >= 4 is 5.91 Å². The number of hydrogen-bond donors (Lipinski definition) is 2. The highest BCUT2D eigenvalue weighted by atomic mass is 16.1. The first-order chi connectivity index (χ1) is 7.67. The SMILES string of the molecule is CCCNC(=O)Cn1ccc(C(C)NC)c1. The summed E-state index contributed by atoms with van der Waals surface area (Å²) in [5.74, 6) is 0.0705. The lowest BCUT2D eigenvalue weighted by molar-refractivity contribution is -0.121. The minimum absolute atomic E-state index is 0.0705. The van der Waals surface area contributed by atoms with Crippen LogP contribution in [0.5, 0.6) is 0 Å². The predicted octanol–water partition coefficient (Wildman–Crippen LogP) is 1.29. The molecule has 0 radical (unpaired) electrons. The molecule has 0 aromatic carbocycles. The Morgan fingerprint density at radius 2 is 2.31 bits per heavy atom. The Balaban J connectivity index is 2.48. The second-order valence-corrected chi connectivity index (χ2v) is 3.98. The lowest BCUT2D eigenvalue weighted by Gasteiger charge is -2.07. The Bertz CT molecular complexity index is 333. The standard InChI is InChI=1S/C12H21N3O/c1-4-6-14-12(16)9-15-7-5-11(8-15)10(2)13-3/h5,7-8,10,13H,4,6,9H2,1-3H3,(H,14,16). The summed E-state index contributed by atoms with van der Waals surface area (Å²) in [7, 11) is 1.93. The van der Waals surface area contributed by atoms with E-state index in [1.54, 1.807) is 0 Å². The summed E-state index contributed by atoms with van der Waals surface area (Å²) < 4.78 is 1.91. The van der Waals surface area contributed by atoms with E-state index in [2.05, 4.69) is 17.6 Å². The monoisotopic (exact) mass is 223 g/mol. The minimum atomic E-state index is 0.0705. The summed E-state index contributed by atoms with van der Waals surface area (Å²) in [6, 6.07) is 2.36. The van der Waals surface area contributed by atoms with Gasteiger partial charge in [-0.15, -0.1) is 0 Å². The summed E-state index contributed by atoms with van der Waals surface area (Å²) in [5, 5.41) is 6.03. The molecule has 16 heavy (non-hydrogen) atoms. The Hall–Kier alpha value is -1.29. The molecule has 0 saturated carbocycles. The Morgan fingerprint density at radius 1 is 1.56 bits per heavy atom. The maximum atomic E-state index is 11.5. The van der Waals surface area contributed by atoms with Gasteiger partial charge in [-0.25, -0.2) is 0 Å². The first kappa shape index (κ1) is 12.8. The number of aromatic nitrogens is 1. The van der Waals surface area contributed by atoms with E-state index in [0.717, 1.165) is 13.0 Å². The van der Waals surface area contributed by atoms with Gasteiger partial charge in [0.15, 0.2) is 0 Å². The maximum Gasteiger partial charge on any atom is 0.239 e. The van der Waals surface area contributed by atoms with Gasteiger partial charge in [0.1, 0.15) is 6.54 Å². The van der Waals surface area contributed by atoms with Crippen LogP contribution in [0.4, 0.5) is 0 Å². The minimum Gasteiger partial charge on any atom is -0.355 e. The molecule has 0 spiro atoms. The average Bonchev–Trinajstić information content (AvgIpc) is 2.73. The van der Waals surface area contributed by atoms with E-state index in [4.69, 9.17) is 0 Å². The Kier molecular flexibility index (Phi) is 5.05. The third-order valence-corrected chi connectivity index (χ3v) is 2.60. The van der Waals surface area contributed by atoms with Crippen molar-refractivity contribution in [1.82, 2.24) is 15.2 Å². The molecule has 1 aromatic heterocycles. The van der Waals surface area contributed by atoms with E-state index in [1.807, 2.05) is 37.0 Å².